The van der Waals surface area contributed by atoms with Gasteiger partial charge in [0.2, 0.25) is 5.91 Å². The minimum atomic E-state index is 0.274. The molecule has 0 N–H and O–H groups in total. The van der Waals surface area contributed by atoms with Crippen LogP contribution in [0.15, 0.2) is 54.9 Å². The van der Waals surface area contributed by atoms with Gasteiger partial charge >= 0.3 is 0 Å². The Hall–Kier alpha value is -2.20. The van der Waals surface area contributed by atoms with Crippen LogP contribution in [0.1, 0.15) is 36.8 Å². The number of aromatic nitrogens is 1. The molecular weight excluding hydrogens is 334 g/mol. The number of nitrogens with zero attached hydrogens (tertiary/aromatic N) is 3. The third-order valence-corrected chi connectivity index (χ3v) is 6.16. The number of likely N-dealkylation sites (tertiary alicyclic amines) is 2. The van der Waals surface area contributed by atoms with Gasteiger partial charge < -0.3 is 4.90 Å². The first kappa shape index (κ1) is 18.2. The van der Waals surface area contributed by atoms with Crippen LogP contribution in [0.3, 0.4) is 0 Å². The molecule has 4 heteroatoms. The molecule has 2 aliphatic rings. The van der Waals surface area contributed by atoms with E-state index in [1.807, 2.05) is 18.5 Å². The van der Waals surface area contributed by atoms with Gasteiger partial charge in [-0.2, -0.15) is 0 Å². The van der Waals surface area contributed by atoms with Gasteiger partial charge in [-0.1, -0.05) is 30.3 Å². The fourth-order valence-corrected chi connectivity index (χ4v) is 4.74. The van der Waals surface area contributed by atoms with Crippen LogP contribution in [0.4, 0.5) is 0 Å². The van der Waals surface area contributed by atoms with Gasteiger partial charge in [-0.05, 0) is 55.5 Å². The minimum absolute atomic E-state index is 0.274. The molecule has 2 fully saturated rings. The summed E-state index contributed by atoms with van der Waals surface area (Å²) in [4.78, 5) is 21.3. The molecule has 1 aromatic carbocycles. The van der Waals surface area contributed by atoms with E-state index in [1.54, 1.807) is 0 Å². The lowest BCUT2D eigenvalue weighted by molar-refractivity contribution is -0.139. The van der Waals surface area contributed by atoms with E-state index in [9.17, 15) is 4.79 Å². The van der Waals surface area contributed by atoms with Crippen LogP contribution in [0.5, 0.6) is 0 Å². The Morgan fingerprint density at radius 1 is 0.963 bits per heavy atom. The summed E-state index contributed by atoms with van der Waals surface area (Å²) in [5.41, 5.74) is 2.92. The van der Waals surface area contributed by atoms with Crippen LogP contribution in [0.25, 0.3) is 0 Å². The molecule has 1 spiro atoms. The van der Waals surface area contributed by atoms with Crippen LogP contribution in [0.2, 0.25) is 0 Å². The van der Waals surface area contributed by atoms with Gasteiger partial charge in [0.25, 0.3) is 0 Å². The van der Waals surface area contributed by atoms with E-state index in [-0.39, 0.29) is 5.41 Å². The summed E-state index contributed by atoms with van der Waals surface area (Å²) < 4.78 is 0. The Kier molecular flexibility index (Phi) is 5.53. The summed E-state index contributed by atoms with van der Waals surface area (Å²) in [5.74, 6) is 0.336. The largest absolute Gasteiger partial charge is 0.342 e. The lowest BCUT2D eigenvalue weighted by Crippen LogP contribution is -2.54. The zero-order valence-corrected chi connectivity index (χ0v) is 16.0. The SMILES string of the molecule is O=C1CC[C@]2(CCCN(Cc3ccncc3)C2)CN1CCc1ccccc1. The van der Waals surface area contributed by atoms with E-state index >= 15 is 0 Å². The maximum atomic E-state index is 12.5. The van der Waals surface area contributed by atoms with Crippen LogP contribution in [-0.4, -0.2) is 46.9 Å². The van der Waals surface area contributed by atoms with E-state index < -0.39 is 0 Å². The van der Waals surface area contributed by atoms with Crippen molar-refractivity contribution in [2.75, 3.05) is 26.2 Å². The molecule has 1 atom stereocenters. The summed E-state index contributed by atoms with van der Waals surface area (Å²) in [6.45, 7) is 5.01. The number of hydrogen-bond donors (Lipinski definition) is 0. The maximum Gasteiger partial charge on any atom is 0.222 e. The van der Waals surface area contributed by atoms with E-state index in [1.165, 1.54) is 24.0 Å². The van der Waals surface area contributed by atoms with Crippen molar-refractivity contribution in [3.05, 3.63) is 66.0 Å². The second-order valence-corrected chi connectivity index (χ2v) is 8.22. The molecule has 142 valence electrons. The molecular formula is C23H29N3O. The number of piperidine rings is 2. The first-order valence-electron chi connectivity index (χ1n) is 10.2. The fraction of sp³-hybridized carbons (Fsp3) is 0.478. The summed E-state index contributed by atoms with van der Waals surface area (Å²) >= 11 is 0. The van der Waals surface area contributed by atoms with E-state index in [4.69, 9.17) is 0 Å². The summed E-state index contributed by atoms with van der Waals surface area (Å²) in [6.07, 6.45) is 8.92. The van der Waals surface area contributed by atoms with Crippen LogP contribution < -0.4 is 0 Å². The number of benzene rings is 1. The highest BCUT2D eigenvalue weighted by atomic mass is 16.2. The first-order valence-corrected chi connectivity index (χ1v) is 10.2. The minimum Gasteiger partial charge on any atom is -0.342 e. The van der Waals surface area contributed by atoms with Crippen molar-refractivity contribution >= 4 is 5.91 Å². The molecule has 2 saturated heterocycles. The average Bonchev–Trinajstić information content (AvgIpc) is 2.71. The average molecular weight is 364 g/mol. The van der Waals surface area contributed by atoms with Gasteiger partial charge in [-0.3, -0.25) is 14.7 Å². The van der Waals surface area contributed by atoms with Crippen molar-refractivity contribution in [2.45, 2.75) is 38.6 Å². The van der Waals surface area contributed by atoms with E-state index in [2.05, 4.69) is 51.2 Å². The van der Waals surface area contributed by atoms with E-state index in [0.717, 1.165) is 45.6 Å². The normalized spacial score (nSPS) is 23.7. The fourth-order valence-electron chi connectivity index (χ4n) is 4.74. The molecule has 1 aromatic heterocycles. The molecule has 0 unspecified atom stereocenters. The third-order valence-electron chi connectivity index (χ3n) is 6.16. The predicted molar refractivity (Wildman–Crippen MR) is 107 cm³/mol. The quantitative estimate of drug-likeness (QED) is 0.815. The smallest absolute Gasteiger partial charge is 0.222 e. The molecule has 2 aromatic rings. The number of amides is 1. The van der Waals surface area contributed by atoms with Crippen LogP contribution >= 0.6 is 0 Å². The second-order valence-electron chi connectivity index (χ2n) is 8.22. The molecule has 0 aliphatic carbocycles. The molecule has 4 nitrogen and oxygen atoms in total. The van der Waals surface area contributed by atoms with Gasteiger partial charge in [0, 0.05) is 50.4 Å². The van der Waals surface area contributed by atoms with Crippen molar-refractivity contribution < 1.29 is 4.79 Å². The molecule has 2 aliphatic heterocycles. The highest BCUT2D eigenvalue weighted by Crippen LogP contribution is 2.39. The number of rotatable bonds is 5. The van der Waals surface area contributed by atoms with Gasteiger partial charge in [-0.25, -0.2) is 0 Å². The molecule has 0 bridgehead atoms. The molecule has 27 heavy (non-hydrogen) atoms. The highest BCUT2D eigenvalue weighted by molar-refractivity contribution is 5.77. The monoisotopic (exact) mass is 363 g/mol. The Morgan fingerprint density at radius 3 is 2.59 bits per heavy atom. The predicted octanol–water partition coefficient (Wildman–Crippen LogP) is 3.53. The highest BCUT2D eigenvalue weighted by Gasteiger charge is 2.41. The van der Waals surface area contributed by atoms with Gasteiger partial charge in [0.15, 0.2) is 0 Å². The molecule has 0 saturated carbocycles. The number of carbonyl (C=O) groups is 1. The van der Waals surface area contributed by atoms with Crippen molar-refractivity contribution in [3.63, 3.8) is 0 Å². The number of hydrogen-bond acceptors (Lipinski definition) is 3. The van der Waals surface area contributed by atoms with Crippen molar-refractivity contribution in [2.24, 2.45) is 5.41 Å². The van der Waals surface area contributed by atoms with E-state index in [0.29, 0.717) is 12.3 Å². The lowest BCUT2D eigenvalue weighted by Gasteiger charge is -2.48. The standard InChI is InChI=1S/C23H29N3O/c27-22-7-12-23(19-26(22)16-10-20-5-2-1-3-6-20)11-4-15-25(18-23)17-21-8-13-24-14-9-21/h1-3,5-6,8-9,13-14H,4,7,10-12,15-19H2/t23-/m0/s1. The Balaban J connectivity index is 1.38. The molecule has 4 rings (SSSR count). The first-order chi connectivity index (χ1) is 13.2. The van der Waals surface area contributed by atoms with Crippen molar-refractivity contribution in [1.29, 1.82) is 0 Å². The van der Waals surface area contributed by atoms with Gasteiger partial charge in [-0.15, -0.1) is 0 Å². The molecule has 0 radical (unpaired) electrons. The third kappa shape index (κ3) is 4.56. The van der Waals surface area contributed by atoms with Gasteiger partial charge in [0.1, 0.15) is 0 Å². The summed E-state index contributed by atoms with van der Waals surface area (Å²) in [5, 5.41) is 0. The molecule has 3 heterocycles. The number of carbonyl (C=O) groups excluding carboxylic acids is 1. The second kappa shape index (κ2) is 8.22. The van der Waals surface area contributed by atoms with Crippen LogP contribution in [-0.2, 0) is 17.8 Å². The summed E-state index contributed by atoms with van der Waals surface area (Å²) in [6, 6.07) is 14.7. The van der Waals surface area contributed by atoms with Crippen LogP contribution in [0, 0.1) is 5.41 Å². The van der Waals surface area contributed by atoms with Crippen molar-refractivity contribution in [1.82, 2.24) is 14.8 Å². The number of pyridine rings is 1. The zero-order chi connectivity index (χ0) is 18.5. The molecule has 1 amide bonds. The van der Waals surface area contributed by atoms with Gasteiger partial charge in [0.05, 0.1) is 0 Å². The Bertz CT molecular complexity index is 749. The maximum absolute atomic E-state index is 12.5. The van der Waals surface area contributed by atoms with Crippen molar-refractivity contribution in [3.8, 4) is 0 Å². The zero-order valence-electron chi connectivity index (χ0n) is 16.0. The lowest BCUT2D eigenvalue weighted by atomic mass is 9.73. The Morgan fingerprint density at radius 2 is 1.78 bits per heavy atom. The topological polar surface area (TPSA) is 36.4 Å². The summed E-state index contributed by atoms with van der Waals surface area (Å²) in [7, 11) is 0. The Labute approximate surface area is 162 Å².